The van der Waals surface area contributed by atoms with Crippen LogP contribution in [0.25, 0.3) is 0 Å². The zero-order valence-corrected chi connectivity index (χ0v) is 24.4. The predicted octanol–water partition coefficient (Wildman–Crippen LogP) is 10.1. The Morgan fingerprint density at radius 1 is 0.757 bits per heavy atom. The summed E-state index contributed by atoms with van der Waals surface area (Å²) in [4.78, 5) is 13.5. The standard InChI is InChI=1S/C34H59NO2/c1-2-3-4-5-6-7-10-19-29(27-35)20-15-16-23-32(36)34-31-24-25-33(37-34)30-21-13-8-11-17-28(26-31)18-12-9-14-22-30/h28-31,33-34H,2-26H2,1H3. The van der Waals surface area contributed by atoms with Crippen molar-refractivity contribution in [1.82, 2.24) is 0 Å². The number of unbranched alkanes of at least 4 members (excludes halogenated alkanes) is 7. The zero-order chi connectivity index (χ0) is 26.1. The molecule has 0 amide bonds. The van der Waals surface area contributed by atoms with Gasteiger partial charge in [-0.1, -0.05) is 110 Å². The molecule has 3 aliphatic carbocycles. The molecule has 3 saturated carbocycles. The van der Waals surface area contributed by atoms with Gasteiger partial charge < -0.3 is 4.74 Å². The maximum absolute atomic E-state index is 13.5. The second-order valence-corrected chi connectivity index (χ2v) is 13.0. The van der Waals surface area contributed by atoms with Gasteiger partial charge in [0.1, 0.15) is 6.10 Å². The first-order valence-corrected chi connectivity index (χ1v) is 16.8. The van der Waals surface area contributed by atoms with Crippen LogP contribution in [0.1, 0.15) is 167 Å². The van der Waals surface area contributed by atoms with Crippen molar-refractivity contribution in [2.45, 2.75) is 180 Å². The summed E-state index contributed by atoms with van der Waals surface area (Å²) in [5.74, 6) is 2.44. The van der Waals surface area contributed by atoms with Crippen LogP contribution in [0.5, 0.6) is 0 Å². The minimum absolute atomic E-state index is 0.151. The summed E-state index contributed by atoms with van der Waals surface area (Å²) in [7, 11) is 0. The van der Waals surface area contributed by atoms with Crippen molar-refractivity contribution in [2.24, 2.45) is 23.7 Å². The fourth-order valence-corrected chi connectivity index (χ4v) is 7.63. The lowest BCUT2D eigenvalue weighted by Crippen LogP contribution is -2.44. The smallest absolute Gasteiger partial charge is 0.161 e. The number of Topliss-reactive ketones (excluding diaryl/α,β-unsaturated/α-hetero) is 1. The lowest BCUT2D eigenvalue weighted by molar-refractivity contribution is -0.154. The zero-order valence-electron chi connectivity index (χ0n) is 24.4. The van der Waals surface area contributed by atoms with Crippen molar-refractivity contribution in [3.05, 3.63) is 0 Å². The molecule has 3 heterocycles. The molecule has 3 nitrogen and oxygen atoms in total. The highest BCUT2D eigenvalue weighted by Gasteiger charge is 2.39. The van der Waals surface area contributed by atoms with Crippen molar-refractivity contribution >= 4 is 5.78 Å². The van der Waals surface area contributed by atoms with E-state index in [1.807, 2.05) is 0 Å². The number of hydrogen-bond donors (Lipinski definition) is 0. The van der Waals surface area contributed by atoms with E-state index in [2.05, 4.69) is 13.0 Å². The molecule has 0 aromatic carbocycles. The maximum atomic E-state index is 13.5. The van der Waals surface area contributed by atoms with Crippen LogP contribution in [0.15, 0.2) is 0 Å². The highest BCUT2D eigenvalue weighted by Crippen LogP contribution is 2.40. The van der Waals surface area contributed by atoms with Crippen LogP contribution in [-0.4, -0.2) is 18.0 Å². The first-order valence-electron chi connectivity index (χ1n) is 16.8. The van der Waals surface area contributed by atoms with Crippen LogP contribution < -0.4 is 0 Å². The van der Waals surface area contributed by atoms with Crippen molar-refractivity contribution < 1.29 is 9.53 Å². The van der Waals surface area contributed by atoms with Gasteiger partial charge in [-0.2, -0.15) is 5.26 Å². The molecule has 0 N–H and O–H groups in total. The molecule has 0 aromatic heterocycles. The first kappa shape index (κ1) is 30.7. The summed E-state index contributed by atoms with van der Waals surface area (Å²) < 4.78 is 6.76. The normalized spacial score (nSPS) is 29.8. The lowest BCUT2D eigenvalue weighted by Gasteiger charge is -2.41. The Morgan fingerprint density at radius 3 is 2.05 bits per heavy atom. The molecule has 6 aliphatic rings. The molecule has 0 radical (unpaired) electrons. The maximum Gasteiger partial charge on any atom is 0.161 e. The summed E-state index contributed by atoms with van der Waals surface area (Å²) >= 11 is 0. The van der Waals surface area contributed by atoms with E-state index in [1.165, 1.54) is 128 Å². The fraction of sp³-hybridized carbons (Fsp3) is 0.941. The van der Waals surface area contributed by atoms with Gasteiger partial charge in [-0.3, -0.25) is 4.79 Å². The number of carbonyl (C=O) groups excluding carboxylic acids is 1. The van der Waals surface area contributed by atoms with E-state index in [4.69, 9.17) is 4.74 Å². The van der Waals surface area contributed by atoms with Crippen molar-refractivity contribution in [1.29, 1.82) is 5.26 Å². The summed E-state index contributed by atoms with van der Waals surface area (Å²) in [6.45, 7) is 2.26. The highest BCUT2D eigenvalue weighted by molar-refractivity contribution is 5.83. The summed E-state index contributed by atoms with van der Waals surface area (Å²) in [6.07, 6.45) is 31.0. The van der Waals surface area contributed by atoms with Crippen LogP contribution in [-0.2, 0) is 9.53 Å². The molecule has 0 spiro atoms. The van der Waals surface area contributed by atoms with E-state index in [0.717, 1.165) is 31.6 Å². The molecule has 37 heavy (non-hydrogen) atoms. The van der Waals surface area contributed by atoms with Gasteiger partial charge in [-0.25, -0.2) is 0 Å². The number of rotatable bonds is 14. The van der Waals surface area contributed by atoms with E-state index >= 15 is 0 Å². The van der Waals surface area contributed by atoms with Crippen LogP contribution in [0.4, 0.5) is 0 Å². The molecule has 4 bridgehead atoms. The molecule has 6 fully saturated rings. The van der Waals surface area contributed by atoms with Gasteiger partial charge in [-0.15, -0.1) is 0 Å². The van der Waals surface area contributed by atoms with Gasteiger partial charge >= 0.3 is 0 Å². The fourth-order valence-electron chi connectivity index (χ4n) is 7.63. The Bertz CT molecular complexity index is 641. The topological polar surface area (TPSA) is 50.1 Å². The molecule has 4 atom stereocenters. The van der Waals surface area contributed by atoms with Crippen molar-refractivity contribution in [3.63, 3.8) is 0 Å². The Hall–Kier alpha value is -0.880. The first-order chi connectivity index (χ1) is 18.2. The van der Waals surface area contributed by atoms with Crippen LogP contribution in [0.2, 0.25) is 0 Å². The van der Waals surface area contributed by atoms with E-state index in [0.29, 0.717) is 30.1 Å². The quantitative estimate of drug-likeness (QED) is 0.217. The van der Waals surface area contributed by atoms with Gasteiger partial charge in [0.15, 0.2) is 5.78 Å². The summed E-state index contributed by atoms with van der Waals surface area (Å²) in [5.41, 5.74) is 0. The highest BCUT2D eigenvalue weighted by atomic mass is 16.5. The minimum atomic E-state index is -0.151. The van der Waals surface area contributed by atoms with Crippen LogP contribution in [0, 0.1) is 35.0 Å². The molecule has 4 unspecified atom stereocenters. The molecule has 0 aromatic rings. The van der Waals surface area contributed by atoms with E-state index < -0.39 is 0 Å². The number of nitriles is 1. The van der Waals surface area contributed by atoms with Gasteiger partial charge in [-0.05, 0) is 69.1 Å². The van der Waals surface area contributed by atoms with Crippen molar-refractivity contribution in [3.8, 4) is 6.07 Å². The number of ketones is 1. The number of hydrogen-bond acceptors (Lipinski definition) is 3. The number of nitrogens with zero attached hydrogens (tertiary/aromatic N) is 1. The van der Waals surface area contributed by atoms with E-state index in [-0.39, 0.29) is 12.0 Å². The Kier molecular flexibility index (Phi) is 15.3. The predicted molar refractivity (Wildman–Crippen MR) is 154 cm³/mol. The summed E-state index contributed by atoms with van der Waals surface area (Å²) in [5, 5.41) is 9.62. The van der Waals surface area contributed by atoms with E-state index in [9.17, 15) is 10.1 Å². The third-order valence-electron chi connectivity index (χ3n) is 9.99. The van der Waals surface area contributed by atoms with Gasteiger partial charge in [0.25, 0.3) is 0 Å². The molecule has 6 rings (SSSR count). The summed E-state index contributed by atoms with van der Waals surface area (Å²) in [6, 6.07) is 2.55. The van der Waals surface area contributed by atoms with Gasteiger partial charge in [0, 0.05) is 12.3 Å². The van der Waals surface area contributed by atoms with E-state index in [1.54, 1.807) is 0 Å². The molecule has 3 aliphatic heterocycles. The molecule has 212 valence electrons. The number of carbonyl (C=O) groups is 1. The average molecular weight is 514 g/mol. The lowest BCUT2D eigenvalue weighted by atomic mass is 9.74. The van der Waals surface area contributed by atoms with Crippen molar-refractivity contribution in [2.75, 3.05) is 0 Å². The monoisotopic (exact) mass is 513 g/mol. The average Bonchev–Trinajstić information content (AvgIpc) is 2.89. The van der Waals surface area contributed by atoms with Gasteiger partial charge in [0.2, 0.25) is 0 Å². The second kappa shape index (κ2) is 18.4. The largest absolute Gasteiger partial charge is 0.367 e. The minimum Gasteiger partial charge on any atom is -0.367 e. The third kappa shape index (κ3) is 11.4. The Balaban J connectivity index is 1.45. The Morgan fingerprint density at radius 2 is 1.38 bits per heavy atom. The molecular formula is C34H59NO2. The third-order valence-corrected chi connectivity index (χ3v) is 9.99. The SMILES string of the molecule is CCCCCCCCCC(C#N)CCCCC(=O)C1OC2CCC1CC1CCCCCC2CCCCC1. The second-order valence-electron chi connectivity index (χ2n) is 13.0. The van der Waals surface area contributed by atoms with Crippen LogP contribution >= 0.6 is 0 Å². The number of ether oxygens (including phenoxy) is 1. The molecule has 3 heteroatoms. The van der Waals surface area contributed by atoms with Crippen LogP contribution in [0.3, 0.4) is 0 Å². The molecule has 3 saturated heterocycles. The van der Waals surface area contributed by atoms with Gasteiger partial charge in [0.05, 0.1) is 12.2 Å². The Labute approximate surface area is 229 Å². The molecular weight excluding hydrogens is 454 g/mol.